The second-order valence-corrected chi connectivity index (χ2v) is 9.52. The summed E-state index contributed by atoms with van der Waals surface area (Å²) in [6.07, 6.45) is 2.58. The topological polar surface area (TPSA) is 95.3 Å². The number of hydrogen-bond donors (Lipinski definition) is 0. The van der Waals surface area contributed by atoms with Crippen molar-refractivity contribution in [3.63, 3.8) is 0 Å². The van der Waals surface area contributed by atoms with E-state index in [-0.39, 0.29) is 24.5 Å². The lowest BCUT2D eigenvalue weighted by Gasteiger charge is -2.34. The number of carbonyl (C=O) groups is 1. The van der Waals surface area contributed by atoms with Gasteiger partial charge in [-0.3, -0.25) is 9.67 Å². The first kappa shape index (κ1) is 24.7. The molecular formula is C23H27F3N6O3. The van der Waals surface area contributed by atoms with Crippen molar-refractivity contribution >= 4 is 17.1 Å². The standard InChI is InChI=1S/C23H27F3N6O3/c1-22(2,3)35-21(33)31-8-4-5-15(11-31)13-34-20-19-18(27-6-7-28-19)9-17(30-20)16-10-29-32(12-16)14-23(24,25)26/h6-7,9-10,12,15H,4-5,8,11,13-14H2,1-3H3/t15-/m0/s1. The number of ether oxygens (including phenoxy) is 2. The Kier molecular flexibility index (Phi) is 6.82. The Balaban J connectivity index is 1.51. The van der Waals surface area contributed by atoms with Crippen LogP contribution in [0.2, 0.25) is 0 Å². The molecule has 3 aromatic rings. The maximum Gasteiger partial charge on any atom is 0.410 e. The lowest BCUT2D eigenvalue weighted by Crippen LogP contribution is -2.44. The summed E-state index contributed by atoms with van der Waals surface area (Å²) < 4.78 is 50.5. The van der Waals surface area contributed by atoms with Crippen LogP contribution in [0.5, 0.6) is 5.88 Å². The number of hydrogen-bond acceptors (Lipinski definition) is 7. The first-order valence-electron chi connectivity index (χ1n) is 11.3. The zero-order valence-corrected chi connectivity index (χ0v) is 19.7. The van der Waals surface area contributed by atoms with Crippen LogP contribution in [0.1, 0.15) is 33.6 Å². The quantitative estimate of drug-likeness (QED) is 0.518. The maximum absolute atomic E-state index is 12.7. The molecule has 0 aliphatic carbocycles. The minimum atomic E-state index is -4.38. The predicted molar refractivity (Wildman–Crippen MR) is 121 cm³/mol. The Morgan fingerprint density at radius 2 is 1.97 bits per heavy atom. The van der Waals surface area contributed by atoms with Crippen molar-refractivity contribution < 1.29 is 27.4 Å². The summed E-state index contributed by atoms with van der Waals surface area (Å²) in [5.74, 6) is 0.284. The van der Waals surface area contributed by atoms with Gasteiger partial charge in [-0.1, -0.05) is 0 Å². The van der Waals surface area contributed by atoms with Crippen molar-refractivity contribution in [1.29, 1.82) is 0 Å². The Morgan fingerprint density at radius 1 is 1.20 bits per heavy atom. The Bertz CT molecular complexity index is 1190. The van der Waals surface area contributed by atoms with Crippen LogP contribution in [0.25, 0.3) is 22.3 Å². The van der Waals surface area contributed by atoms with E-state index in [0.717, 1.165) is 17.5 Å². The van der Waals surface area contributed by atoms with Gasteiger partial charge in [-0.05, 0) is 39.7 Å². The third-order valence-corrected chi connectivity index (χ3v) is 5.32. The molecule has 0 unspecified atom stereocenters. The number of amides is 1. The van der Waals surface area contributed by atoms with Crippen molar-refractivity contribution in [2.45, 2.75) is 51.9 Å². The largest absolute Gasteiger partial charge is 0.476 e. The van der Waals surface area contributed by atoms with E-state index in [2.05, 4.69) is 20.1 Å². The SMILES string of the molecule is CC(C)(C)OC(=O)N1CCC[C@H](COc2nc(-c3cnn(CC(F)(F)F)c3)cc3nccnc23)C1. The van der Waals surface area contributed by atoms with E-state index in [1.165, 1.54) is 24.8 Å². The van der Waals surface area contributed by atoms with Crippen LogP contribution >= 0.6 is 0 Å². The number of rotatable bonds is 5. The molecule has 4 rings (SSSR count). The van der Waals surface area contributed by atoms with Crippen LogP contribution < -0.4 is 4.74 Å². The van der Waals surface area contributed by atoms with Gasteiger partial charge in [0, 0.05) is 43.2 Å². The van der Waals surface area contributed by atoms with E-state index in [1.807, 2.05) is 20.8 Å². The summed E-state index contributed by atoms with van der Waals surface area (Å²) in [4.78, 5) is 27.2. The number of carbonyl (C=O) groups excluding carboxylic acids is 1. The van der Waals surface area contributed by atoms with Gasteiger partial charge in [-0.15, -0.1) is 0 Å². The number of pyridine rings is 1. The molecule has 1 aliphatic heterocycles. The average molecular weight is 493 g/mol. The van der Waals surface area contributed by atoms with E-state index in [1.54, 1.807) is 11.0 Å². The van der Waals surface area contributed by atoms with Gasteiger partial charge in [0.25, 0.3) is 0 Å². The molecule has 0 bridgehead atoms. The highest BCUT2D eigenvalue weighted by Crippen LogP contribution is 2.28. The fourth-order valence-electron chi connectivity index (χ4n) is 3.85. The number of aromatic nitrogens is 5. The molecule has 0 spiro atoms. The summed E-state index contributed by atoms with van der Waals surface area (Å²) in [6.45, 7) is 5.68. The molecule has 35 heavy (non-hydrogen) atoms. The van der Waals surface area contributed by atoms with Gasteiger partial charge in [0.1, 0.15) is 12.1 Å². The summed E-state index contributed by atoms with van der Waals surface area (Å²) in [7, 11) is 0. The number of halogens is 3. The normalized spacial score (nSPS) is 17.0. The van der Waals surface area contributed by atoms with Crippen LogP contribution in [0.15, 0.2) is 30.9 Å². The van der Waals surface area contributed by atoms with Gasteiger partial charge < -0.3 is 14.4 Å². The van der Waals surface area contributed by atoms with Gasteiger partial charge in [-0.2, -0.15) is 18.3 Å². The minimum Gasteiger partial charge on any atom is -0.476 e. The Morgan fingerprint density at radius 3 is 2.71 bits per heavy atom. The van der Waals surface area contributed by atoms with Gasteiger partial charge in [-0.25, -0.2) is 14.8 Å². The van der Waals surface area contributed by atoms with Gasteiger partial charge in [0.15, 0.2) is 5.52 Å². The molecule has 4 heterocycles. The zero-order chi connectivity index (χ0) is 25.2. The smallest absolute Gasteiger partial charge is 0.410 e. The molecule has 1 saturated heterocycles. The summed E-state index contributed by atoms with van der Waals surface area (Å²) in [6, 6.07) is 1.63. The first-order chi connectivity index (χ1) is 16.5. The molecule has 9 nitrogen and oxygen atoms in total. The molecule has 1 atom stereocenters. The van der Waals surface area contributed by atoms with E-state index in [0.29, 0.717) is 35.4 Å². The molecule has 0 radical (unpaired) electrons. The first-order valence-corrected chi connectivity index (χ1v) is 11.3. The van der Waals surface area contributed by atoms with Crippen molar-refractivity contribution in [3.05, 3.63) is 30.9 Å². The second kappa shape index (κ2) is 9.67. The Labute approximate surface area is 200 Å². The zero-order valence-electron chi connectivity index (χ0n) is 19.7. The maximum atomic E-state index is 12.7. The van der Waals surface area contributed by atoms with Gasteiger partial charge >= 0.3 is 12.3 Å². The lowest BCUT2D eigenvalue weighted by atomic mass is 9.99. The number of likely N-dealkylation sites (tertiary alicyclic amines) is 1. The predicted octanol–water partition coefficient (Wildman–Crippen LogP) is 4.48. The third-order valence-electron chi connectivity index (χ3n) is 5.32. The highest BCUT2D eigenvalue weighted by atomic mass is 19.4. The van der Waals surface area contributed by atoms with E-state index in [9.17, 15) is 18.0 Å². The van der Waals surface area contributed by atoms with Gasteiger partial charge in [0.2, 0.25) is 5.88 Å². The Hall–Kier alpha value is -3.44. The molecule has 1 fully saturated rings. The fourth-order valence-corrected chi connectivity index (χ4v) is 3.85. The molecule has 1 amide bonds. The van der Waals surface area contributed by atoms with E-state index >= 15 is 0 Å². The lowest BCUT2D eigenvalue weighted by molar-refractivity contribution is -0.142. The van der Waals surface area contributed by atoms with E-state index < -0.39 is 18.3 Å². The van der Waals surface area contributed by atoms with Crippen molar-refractivity contribution in [2.75, 3.05) is 19.7 Å². The highest BCUT2D eigenvalue weighted by molar-refractivity contribution is 5.83. The molecule has 0 saturated carbocycles. The molecule has 188 valence electrons. The summed E-state index contributed by atoms with van der Waals surface area (Å²) >= 11 is 0. The van der Waals surface area contributed by atoms with Crippen molar-refractivity contribution in [3.8, 4) is 17.1 Å². The monoisotopic (exact) mass is 492 g/mol. The van der Waals surface area contributed by atoms with Crippen LogP contribution in [-0.4, -0.2) is 67.2 Å². The van der Waals surface area contributed by atoms with Crippen LogP contribution in [0, 0.1) is 5.92 Å². The molecule has 0 N–H and O–H groups in total. The third kappa shape index (κ3) is 6.58. The summed E-state index contributed by atoms with van der Waals surface area (Å²) in [5.41, 5.74) is 1.14. The number of nitrogens with zero attached hydrogens (tertiary/aromatic N) is 6. The molecule has 1 aliphatic rings. The molecular weight excluding hydrogens is 465 g/mol. The van der Waals surface area contributed by atoms with Crippen LogP contribution in [0.4, 0.5) is 18.0 Å². The summed E-state index contributed by atoms with van der Waals surface area (Å²) in [5, 5.41) is 3.79. The minimum absolute atomic E-state index is 0.0583. The average Bonchev–Trinajstić information content (AvgIpc) is 3.23. The number of piperidine rings is 1. The highest BCUT2D eigenvalue weighted by Gasteiger charge is 2.29. The number of fused-ring (bicyclic) bond motifs is 1. The van der Waals surface area contributed by atoms with Crippen LogP contribution in [-0.2, 0) is 11.3 Å². The molecule has 12 heteroatoms. The number of alkyl halides is 3. The van der Waals surface area contributed by atoms with Crippen molar-refractivity contribution in [2.24, 2.45) is 5.92 Å². The van der Waals surface area contributed by atoms with E-state index in [4.69, 9.17) is 9.47 Å². The van der Waals surface area contributed by atoms with Crippen LogP contribution in [0.3, 0.4) is 0 Å². The second-order valence-electron chi connectivity index (χ2n) is 9.52. The molecule has 0 aromatic carbocycles. The van der Waals surface area contributed by atoms with Gasteiger partial charge in [0.05, 0.1) is 24.0 Å². The van der Waals surface area contributed by atoms with Crippen molar-refractivity contribution in [1.82, 2.24) is 29.6 Å². The fraction of sp³-hybridized carbons (Fsp3) is 0.522. The molecule has 3 aromatic heterocycles.